The highest BCUT2D eigenvalue weighted by Crippen LogP contribution is 2.32. The highest BCUT2D eigenvalue weighted by atomic mass is 16.5. The summed E-state index contributed by atoms with van der Waals surface area (Å²) in [7, 11) is 0. The van der Waals surface area contributed by atoms with Gasteiger partial charge in [-0.05, 0) is 76.8 Å². The summed E-state index contributed by atoms with van der Waals surface area (Å²) >= 11 is 0. The Morgan fingerprint density at radius 2 is 1.70 bits per heavy atom. The summed E-state index contributed by atoms with van der Waals surface area (Å²) in [6.07, 6.45) is 2.33. The molecule has 2 rings (SSSR count). The number of benzene rings is 2. The maximum atomic E-state index is 12.1. The second kappa shape index (κ2) is 10.9. The van der Waals surface area contributed by atoms with Crippen molar-refractivity contribution in [3.05, 3.63) is 77.4 Å². The van der Waals surface area contributed by atoms with Crippen molar-refractivity contribution in [1.82, 2.24) is 4.90 Å². The van der Waals surface area contributed by atoms with E-state index in [0.29, 0.717) is 35.4 Å². The molecule has 0 aliphatic heterocycles. The van der Waals surface area contributed by atoms with Gasteiger partial charge >= 0.3 is 5.97 Å². The highest BCUT2D eigenvalue weighted by molar-refractivity contribution is 5.89. The van der Waals surface area contributed by atoms with Crippen molar-refractivity contribution < 1.29 is 14.3 Å². The van der Waals surface area contributed by atoms with Crippen molar-refractivity contribution in [3.63, 3.8) is 0 Å². The summed E-state index contributed by atoms with van der Waals surface area (Å²) in [5.74, 6) is 0.0294. The lowest BCUT2D eigenvalue weighted by Crippen LogP contribution is -2.40. The Balaban J connectivity index is 2.37. The third-order valence-corrected chi connectivity index (χ3v) is 5.20. The van der Waals surface area contributed by atoms with E-state index in [9.17, 15) is 9.59 Å². The minimum absolute atomic E-state index is 0.204. The molecule has 0 radical (unpaired) electrons. The molecule has 0 N–H and O–H groups in total. The lowest BCUT2D eigenvalue weighted by atomic mass is 9.94. The van der Waals surface area contributed by atoms with E-state index in [1.807, 2.05) is 12.1 Å². The molecule has 0 spiro atoms. The Morgan fingerprint density at radius 3 is 2.23 bits per heavy atom. The second-order valence-electron chi connectivity index (χ2n) is 8.25. The lowest BCUT2D eigenvalue weighted by Gasteiger charge is -2.39. The van der Waals surface area contributed by atoms with Crippen LogP contribution in [0.2, 0.25) is 0 Å². The zero-order valence-corrected chi connectivity index (χ0v) is 18.7. The van der Waals surface area contributed by atoms with Crippen LogP contribution in [0.4, 0.5) is 0 Å². The van der Waals surface area contributed by atoms with Gasteiger partial charge in [0, 0.05) is 29.3 Å². The number of carbonyl (C=O) groups excluding carboxylic acids is 2. The van der Waals surface area contributed by atoms with Gasteiger partial charge in [0.2, 0.25) is 0 Å². The van der Waals surface area contributed by atoms with Crippen molar-refractivity contribution in [2.45, 2.75) is 65.6 Å². The summed E-state index contributed by atoms with van der Waals surface area (Å²) < 4.78 is 5.53. The molecule has 4 nitrogen and oxygen atoms in total. The predicted molar refractivity (Wildman–Crippen MR) is 122 cm³/mol. The van der Waals surface area contributed by atoms with Gasteiger partial charge in [-0.2, -0.15) is 0 Å². The number of aryl methyl sites for hydroxylation is 1. The molecule has 2 aromatic carbocycles. The van der Waals surface area contributed by atoms with Crippen molar-refractivity contribution in [2.75, 3.05) is 0 Å². The minimum atomic E-state index is -0.458. The number of nitrogens with zero attached hydrogens (tertiary/aromatic N) is 1. The van der Waals surface area contributed by atoms with E-state index in [1.54, 1.807) is 19.1 Å². The van der Waals surface area contributed by atoms with Crippen molar-refractivity contribution in [1.29, 1.82) is 0 Å². The van der Waals surface area contributed by atoms with E-state index < -0.39 is 5.97 Å². The fourth-order valence-electron chi connectivity index (χ4n) is 3.93. The predicted octanol–water partition coefficient (Wildman–Crippen LogP) is 5.77. The summed E-state index contributed by atoms with van der Waals surface area (Å²) in [6.45, 7) is 14.1. The lowest BCUT2D eigenvalue weighted by molar-refractivity contribution is -0.130. The number of esters is 1. The van der Waals surface area contributed by atoms with Crippen LogP contribution in [0.15, 0.2) is 60.7 Å². The van der Waals surface area contributed by atoms with Gasteiger partial charge < -0.3 is 4.74 Å². The Bertz CT molecular complexity index is 863. The first kappa shape index (κ1) is 23.6. The normalized spacial score (nSPS) is 12.3. The van der Waals surface area contributed by atoms with Crippen molar-refractivity contribution in [3.8, 4) is 5.75 Å². The molecule has 4 heteroatoms. The van der Waals surface area contributed by atoms with Gasteiger partial charge in [0.25, 0.3) is 0 Å². The zero-order chi connectivity index (χ0) is 22.3. The smallest absolute Gasteiger partial charge is 0.338 e. The zero-order valence-electron chi connectivity index (χ0n) is 18.7. The van der Waals surface area contributed by atoms with Crippen LogP contribution in [0.1, 0.15) is 68.6 Å². The Morgan fingerprint density at radius 1 is 1.07 bits per heavy atom. The van der Waals surface area contributed by atoms with Crippen LogP contribution in [0.25, 0.3) is 0 Å². The molecule has 0 aliphatic rings. The average Bonchev–Trinajstić information content (AvgIpc) is 2.71. The largest absolute Gasteiger partial charge is 0.423 e. The number of hydrogen-bond donors (Lipinski definition) is 0. The van der Waals surface area contributed by atoms with E-state index in [2.05, 4.69) is 63.4 Å². The molecule has 0 saturated heterocycles. The molecule has 0 aliphatic carbocycles. The van der Waals surface area contributed by atoms with Gasteiger partial charge in [-0.25, -0.2) is 4.79 Å². The summed E-state index contributed by atoms with van der Waals surface area (Å²) in [6, 6.07) is 16.6. The first-order chi connectivity index (χ1) is 14.2. The number of ether oxygens (including phenoxy) is 1. The van der Waals surface area contributed by atoms with E-state index in [-0.39, 0.29) is 6.04 Å². The van der Waals surface area contributed by atoms with Crippen LogP contribution in [-0.2, 0) is 11.2 Å². The van der Waals surface area contributed by atoms with Gasteiger partial charge in [-0.15, -0.1) is 0 Å². The Hall–Kier alpha value is -2.72. The molecule has 0 aromatic heterocycles. The topological polar surface area (TPSA) is 46.6 Å². The molecular weight excluding hydrogens is 374 g/mol. The summed E-state index contributed by atoms with van der Waals surface area (Å²) in [5, 5.41) is 0. The third kappa shape index (κ3) is 6.14. The van der Waals surface area contributed by atoms with Crippen LogP contribution in [-0.4, -0.2) is 29.2 Å². The third-order valence-electron chi connectivity index (χ3n) is 5.20. The van der Waals surface area contributed by atoms with Crippen molar-refractivity contribution in [2.24, 2.45) is 0 Å². The number of hydrogen-bond acceptors (Lipinski definition) is 4. The molecule has 160 valence electrons. The van der Waals surface area contributed by atoms with Gasteiger partial charge in [0.1, 0.15) is 12.0 Å². The summed E-state index contributed by atoms with van der Waals surface area (Å²) in [5.41, 5.74) is 3.02. The molecule has 0 bridgehead atoms. The Kier molecular flexibility index (Phi) is 8.55. The van der Waals surface area contributed by atoms with E-state index in [1.165, 1.54) is 5.56 Å². The standard InChI is InChI=1S/C26H33NO3/c1-18(2)26(29)30-25-15-12-21(17-28)16-23(25)13-14-24(22-10-8-7-9-11-22)27(19(3)4)20(5)6/h7-12,15-17,19-20,24H,1,13-14H2,2-6H3. The number of rotatable bonds is 10. The molecule has 0 heterocycles. The first-order valence-corrected chi connectivity index (χ1v) is 10.5. The van der Waals surface area contributed by atoms with E-state index in [0.717, 1.165) is 18.3 Å². The quantitative estimate of drug-likeness (QED) is 0.217. The van der Waals surface area contributed by atoms with Crippen LogP contribution in [0, 0.1) is 0 Å². The van der Waals surface area contributed by atoms with E-state index in [4.69, 9.17) is 4.74 Å². The molecule has 0 fully saturated rings. The van der Waals surface area contributed by atoms with Crippen molar-refractivity contribution >= 4 is 12.3 Å². The second-order valence-corrected chi connectivity index (χ2v) is 8.25. The monoisotopic (exact) mass is 407 g/mol. The number of aldehydes is 1. The fourth-order valence-corrected chi connectivity index (χ4v) is 3.93. The first-order valence-electron chi connectivity index (χ1n) is 10.5. The molecule has 0 amide bonds. The maximum absolute atomic E-state index is 12.1. The van der Waals surface area contributed by atoms with Gasteiger partial charge in [0.05, 0.1) is 0 Å². The fraction of sp³-hybridized carbons (Fsp3) is 0.385. The molecule has 1 atom stereocenters. The van der Waals surface area contributed by atoms with Crippen LogP contribution < -0.4 is 4.74 Å². The maximum Gasteiger partial charge on any atom is 0.338 e. The molecule has 2 aromatic rings. The SMILES string of the molecule is C=C(C)C(=O)Oc1ccc(C=O)cc1CCC(c1ccccc1)N(C(C)C)C(C)C. The van der Waals surface area contributed by atoms with Crippen LogP contribution in [0.3, 0.4) is 0 Å². The molecule has 1 unspecified atom stereocenters. The van der Waals surface area contributed by atoms with Gasteiger partial charge in [0.15, 0.2) is 0 Å². The van der Waals surface area contributed by atoms with Crippen LogP contribution >= 0.6 is 0 Å². The molecule has 0 saturated carbocycles. The molecular formula is C26H33NO3. The number of carbonyl (C=O) groups is 2. The molecule has 30 heavy (non-hydrogen) atoms. The highest BCUT2D eigenvalue weighted by Gasteiger charge is 2.25. The van der Waals surface area contributed by atoms with Gasteiger partial charge in [-0.3, -0.25) is 9.69 Å². The van der Waals surface area contributed by atoms with E-state index >= 15 is 0 Å². The minimum Gasteiger partial charge on any atom is -0.423 e. The van der Waals surface area contributed by atoms with Gasteiger partial charge in [-0.1, -0.05) is 36.9 Å². The Labute approximate surface area is 180 Å². The average molecular weight is 408 g/mol. The van der Waals surface area contributed by atoms with Crippen LogP contribution in [0.5, 0.6) is 5.75 Å². The summed E-state index contributed by atoms with van der Waals surface area (Å²) in [4.78, 5) is 25.9.